The van der Waals surface area contributed by atoms with Gasteiger partial charge in [0.1, 0.15) is 5.60 Å². The number of carbonyl (C=O) groups is 1. The molecule has 4 N–H and O–H groups in total. The van der Waals surface area contributed by atoms with E-state index in [1.807, 2.05) is 45.2 Å². The van der Waals surface area contributed by atoms with Crippen LogP contribution in [0.15, 0.2) is 30.5 Å². The Bertz CT molecular complexity index is 613. The molecule has 0 spiro atoms. The molecule has 114 valence electrons. The van der Waals surface area contributed by atoms with Crippen LogP contribution >= 0.6 is 0 Å². The van der Waals surface area contributed by atoms with E-state index in [1.54, 1.807) is 0 Å². The average molecular weight is 289 g/mol. The summed E-state index contributed by atoms with van der Waals surface area (Å²) in [7, 11) is 0. The quantitative estimate of drug-likeness (QED) is 0.809. The zero-order chi connectivity index (χ0) is 15.5. The van der Waals surface area contributed by atoms with Crippen molar-refractivity contribution in [1.29, 1.82) is 0 Å². The molecule has 0 saturated heterocycles. The molecule has 1 amide bonds. The van der Waals surface area contributed by atoms with Crippen LogP contribution < -0.4 is 11.1 Å². The molecule has 1 aromatic heterocycles. The van der Waals surface area contributed by atoms with Crippen molar-refractivity contribution < 1.29 is 9.53 Å². The van der Waals surface area contributed by atoms with Gasteiger partial charge in [0.15, 0.2) is 0 Å². The van der Waals surface area contributed by atoms with Gasteiger partial charge >= 0.3 is 6.09 Å². The molecule has 0 aliphatic heterocycles. The van der Waals surface area contributed by atoms with Gasteiger partial charge in [-0.3, -0.25) is 0 Å². The predicted octanol–water partition coefficient (Wildman–Crippen LogP) is 2.56. The van der Waals surface area contributed by atoms with Gasteiger partial charge in [-0.1, -0.05) is 18.2 Å². The third-order valence-electron chi connectivity index (χ3n) is 3.06. The first-order chi connectivity index (χ1) is 9.85. The molecular formula is C16H23N3O2. The van der Waals surface area contributed by atoms with Crippen LogP contribution in [0, 0.1) is 0 Å². The maximum Gasteiger partial charge on any atom is 0.407 e. The van der Waals surface area contributed by atoms with Gasteiger partial charge in [-0.25, -0.2) is 4.79 Å². The summed E-state index contributed by atoms with van der Waals surface area (Å²) >= 11 is 0. The Kier molecular flexibility index (Phi) is 4.53. The predicted molar refractivity (Wildman–Crippen MR) is 84.2 cm³/mol. The third-order valence-corrected chi connectivity index (χ3v) is 3.06. The number of fused-ring (bicyclic) bond motifs is 1. The van der Waals surface area contributed by atoms with Crippen molar-refractivity contribution in [1.82, 2.24) is 10.3 Å². The fourth-order valence-corrected chi connectivity index (χ4v) is 2.18. The van der Waals surface area contributed by atoms with Gasteiger partial charge < -0.3 is 20.8 Å². The van der Waals surface area contributed by atoms with Gasteiger partial charge in [0, 0.05) is 29.7 Å². The molecule has 0 radical (unpaired) electrons. The second-order valence-electron chi connectivity index (χ2n) is 6.21. The van der Waals surface area contributed by atoms with Crippen LogP contribution in [-0.4, -0.2) is 29.3 Å². The van der Waals surface area contributed by atoms with Gasteiger partial charge in [-0.2, -0.15) is 0 Å². The summed E-state index contributed by atoms with van der Waals surface area (Å²) in [4.78, 5) is 14.8. The highest BCUT2D eigenvalue weighted by atomic mass is 16.6. The molecule has 21 heavy (non-hydrogen) atoms. The molecule has 0 saturated carbocycles. The molecule has 2 aromatic rings. The van der Waals surface area contributed by atoms with Crippen molar-refractivity contribution in [2.75, 3.05) is 6.54 Å². The number of hydrogen-bond donors (Lipinski definition) is 3. The monoisotopic (exact) mass is 289 g/mol. The van der Waals surface area contributed by atoms with Crippen LogP contribution in [0.4, 0.5) is 4.79 Å². The number of benzene rings is 1. The molecule has 1 unspecified atom stereocenters. The Morgan fingerprint density at radius 3 is 2.81 bits per heavy atom. The number of para-hydroxylation sites is 1. The lowest BCUT2D eigenvalue weighted by atomic mass is 10.1. The number of amides is 1. The van der Waals surface area contributed by atoms with E-state index < -0.39 is 11.7 Å². The fourth-order valence-electron chi connectivity index (χ4n) is 2.18. The van der Waals surface area contributed by atoms with Gasteiger partial charge in [0.2, 0.25) is 0 Å². The van der Waals surface area contributed by atoms with Crippen molar-refractivity contribution in [3.8, 4) is 0 Å². The van der Waals surface area contributed by atoms with Crippen molar-refractivity contribution in [2.45, 2.75) is 38.8 Å². The smallest absolute Gasteiger partial charge is 0.407 e. The number of nitrogens with one attached hydrogen (secondary N) is 2. The number of aromatic amines is 1. The van der Waals surface area contributed by atoms with E-state index in [4.69, 9.17) is 10.5 Å². The number of aromatic nitrogens is 1. The lowest BCUT2D eigenvalue weighted by molar-refractivity contribution is 0.0524. The number of hydrogen-bond acceptors (Lipinski definition) is 3. The number of alkyl carbamates (subject to hydrolysis) is 1. The van der Waals surface area contributed by atoms with Crippen molar-refractivity contribution in [2.24, 2.45) is 5.73 Å². The summed E-state index contributed by atoms with van der Waals surface area (Å²) in [5.74, 6) is 0. The normalized spacial score (nSPS) is 13.1. The molecule has 0 aliphatic rings. The van der Waals surface area contributed by atoms with E-state index in [-0.39, 0.29) is 6.04 Å². The van der Waals surface area contributed by atoms with E-state index in [9.17, 15) is 4.79 Å². The SMILES string of the molecule is CC(C)(C)OC(=O)NCC(N)Cc1c[nH]c2ccccc12. The van der Waals surface area contributed by atoms with Crippen LogP contribution in [0.1, 0.15) is 26.3 Å². The second kappa shape index (κ2) is 6.18. The van der Waals surface area contributed by atoms with Crippen LogP contribution in [0.5, 0.6) is 0 Å². The molecule has 5 heteroatoms. The highest BCUT2D eigenvalue weighted by Crippen LogP contribution is 2.18. The molecule has 2 rings (SSSR count). The first-order valence-corrected chi connectivity index (χ1v) is 7.12. The highest BCUT2D eigenvalue weighted by molar-refractivity contribution is 5.83. The number of ether oxygens (including phenoxy) is 1. The lowest BCUT2D eigenvalue weighted by Gasteiger charge is -2.20. The van der Waals surface area contributed by atoms with Gasteiger partial charge in [0.25, 0.3) is 0 Å². The highest BCUT2D eigenvalue weighted by Gasteiger charge is 2.17. The number of rotatable bonds is 4. The van der Waals surface area contributed by atoms with Crippen LogP contribution in [0.2, 0.25) is 0 Å². The summed E-state index contributed by atoms with van der Waals surface area (Å²) in [6.45, 7) is 5.88. The minimum Gasteiger partial charge on any atom is -0.444 e. The van der Waals surface area contributed by atoms with Crippen molar-refractivity contribution >= 4 is 17.0 Å². The molecule has 1 heterocycles. The molecule has 1 aromatic carbocycles. The zero-order valence-corrected chi connectivity index (χ0v) is 12.8. The first kappa shape index (κ1) is 15.4. The Balaban J connectivity index is 1.87. The van der Waals surface area contributed by atoms with Gasteiger partial charge in [0.05, 0.1) is 0 Å². The Morgan fingerprint density at radius 2 is 2.10 bits per heavy atom. The maximum atomic E-state index is 11.6. The largest absolute Gasteiger partial charge is 0.444 e. The second-order valence-corrected chi connectivity index (χ2v) is 6.21. The Morgan fingerprint density at radius 1 is 1.38 bits per heavy atom. The molecule has 0 aliphatic carbocycles. The van der Waals surface area contributed by atoms with Gasteiger partial charge in [-0.05, 0) is 38.8 Å². The number of H-pyrrole nitrogens is 1. The zero-order valence-electron chi connectivity index (χ0n) is 12.8. The van der Waals surface area contributed by atoms with Crippen LogP contribution in [0.25, 0.3) is 10.9 Å². The van der Waals surface area contributed by atoms with E-state index in [1.165, 1.54) is 5.39 Å². The molecular weight excluding hydrogens is 266 g/mol. The van der Waals surface area contributed by atoms with E-state index >= 15 is 0 Å². The van der Waals surface area contributed by atoms with E-state index in [0.29, 0.717) is 13.0 Å². The summed E-state index contributed by atoms with van der Waals surface area (Å²) in [6.07, 6.45) is 2.23. The Labute approximate surface area is 124 Å². The fraction of sp³-hybridized carbons (Fsp3) is 0.438. The summed E-state index contributed by atoms with van der Waals surface area (Å²) in [6, 6.07) is 7.94. The van der Waals surface area contributed by atoms with Crippen LogP contribution in [0.3, 0.4) is 0 Å². The molecule has 1 atom stereocenters. The summed E-state index contributed by atoms with van der Waals surface area (Å²) in [5.41, 5.74) is 7.84. The van der Waals surface area contributed by atoms with E-state index in [0.717, 1.165) is 11.1 Å². The standard InChI is InChI=1S/C16H23N3O2/c1-16(2,3)21-15(20)19-10-12(17)8-11-9-18-14-7-5-4-6-13(11)14/h4-7,9,12,18H,8,10,17H2,1-3H3,(H,19,20). The minimum absolute atomic E-state index is 0.156. The average Bonchev–Trinajstić information content (AvgIpc) is 2.78. The van der Waals surface area contributed by atoms with Crippen molar-refractivity contribution in [3.05, 3.63) is 36.0 Å². The maximum absolute atomic E-state index is 11.6. The summed E-state index contributed by atoms with van der Waals surface area (Å²) < 4.78 is 5.18. The first-order valence-electron chi connectivity index (χ1n) is 7.12. The topological polar surface area (TPSA) is 80.1 Å². The van der Waals surface area contributed by atoms with Crippen molar-refractivity contribution in [3.63, 3.8) is 0 Å². The van der Waals surface area contributed by atoms with Crippen LogP contribution in [-0.2, 0) is 11.2 Å². The number of carbonyl (C=O) groups excluding carboxylic acids is 1. The lowest BCUT2D eigenvalue weighted by Crippen LogP contribution is -2.41. The number of nitrogens with two attached hydrogens (primary N) is 1. The minimum atomic E-state index is -0.495. The molecule has 0 bridgehead atoms. The van der Waals surface area contributed by atoms with Gasteiger partial charge in [-0.15, -0.1) is 0 Å². The van der Waals surface area contributed by atoms with E-state index in [2.05, 4.69) is 16.4 Å². The third kappa shape index (κ3) is 4.49. The summed E-state index contributed by atoms with van der Waals surface area (Å²) in [5, 5.41) is 3.87. The Hall–Kier alpha value is -2.01. The molecule has 5 nitrogen and oxygen atoms in total. The molecule has 0 fully saturated rings.